The van der Waals surface area contributed by atoms with Crippen molar-refractivity contribution < 1.29 is 4.79 Å². The van der Waals surface area contributed by atoms with Gasteiger partial charge in [-0.25, -0.2) is 9.97 Å². The lowest BCUT2D eigenvalue weighted by atomic mass is 10.1. The Kier molecular flexibility index (Phi) is 2.96. The fourth-order valence-corrected chi connectivity index (χ4v) is 3.26. The summed E-state index contributed by atoms with van der Waals surface area (Å²) in [7, 11) is 0. The molecule has 8 nitrogen and oxygen atoms in total. The molecule has 0 atom stereocenters. The maximum atomic E-state index is 11.7. The highest BCUT2D eigenvalue weighted by Crippen LogP contribution is 2.27. The minimum Gasteiger partial charge on any atom is -0.353 e. The number of anilines is 1. The minimum absolute atomic E-state index is 0.00671. The molecular weight excluding hydrogens is 318 g/mol. The number of carbonyl (C=O) groups is 1. The summed E-state index contributed by atoms with van der Waals surface area (Å²) < 4.78 is 2.01. The maximum absolute atomic E-state index is 11.7. The smallest absolute Gasteiger partial charge is 0.239 e. The van der Waals surface area contributed by atoms with Crippen LogP contribution in [0.25, 0.3) is 27.8 Å². The number of hydrogen-bond donors (Lipinski definition) is 2. The van der Waals surface area contributed by atoms with Crippen molar-refractivity contribution in [1.82, 2.24) is 29.9 Å². The number of H-pyrrole nitrogens is 1. The number of nitrogens with one attached hydrogen (secondary N) is 2. The summed E-state index contributed by atoms with van der Waals surface area (Å²) in [5.74, 6) is 0.736. The monoisotopic (exact) mass is 333 g/mol. The van der Waals surface area contributed by atoms with Crippen LogP contribution in [0.2, 0.25) is 0 Å². The van der Waals surface area contributed by atoms with Crippen LogP contribution in [0.1, 0.15) is 0 Å². The highest BCUT2D eigenvalue weighted by atomic mass is 16.2. The number of imidazole rings is 1. The molecule has 0 unspecified atom stereocenters. The van der Waals surface area contributed by atoms with Crippen LogP contribution in [0.5, 0.6) is 0 Å². The molecule has 0 radical (unpaired) electrons. The van der Waals surface area contributed by atoms with Gasteiger partial charge in [0.1, 0.15) is 0 Å². The summed E-state index contributed by atoms with van der Waals surface area (Å²) in [4.78, 5) is 22.7. The minimum atomic E-state index is 0.00671. The third-order valence-corrected chi connectivity index (χ3v) is 4.48. The van der Waals surface area contributed by atoms with Crippen LogP contribution in [-0.4, -0.2) is 50.1 Å². The van der Waals surface area contributed by atoms with Gasteiger partial charge in [0.25, 0.3) is 0 Å². The average Bonchev–Trinajstić information content (AvgIpc) is 3.27. The topological polar surface area (TPSA) is 91.2 Å². The lowest BCUT2D eigenvalue weighted by Crippen LogP contribution is -2.48. The molecule has 0 bridgehead atoms. The number of carbonyl (C=O) groups excluding carboxylic acids is 1. The molecule has 124 valence electrons. The Hall–Kier alpha value is -3.42. The average molecular weight is 333 g/mol. The Morgan fingerprint density at radius 3 is 3.04 bits per heavy atom. The molecule has 1 aliphatic rings. The highest BCUT2D eigenvalue weighted by molar-refractivity contribution is 5.86. The normalized spacial score (nSPS) is 15.0. The van der Waals surface area contributed by atoms with Gasteiger partial charge in [0.05, 0.1) is 30.1 Å². The Morgan fingerprint density at radius 1 is 1.16 bits per heavy atom. The molecule has 1 fully saturated rings. The number of fused-ring (bicyclic) bond motifs is 2. The van der Waals surface area contributed by atoms with Gasteiger partial charge >= 0.3 is 0 Å². The van der Waals surface area contributed by atoms with E-state index in [1.807, 2.05) is 33.8 Å². The van der Waals surface area contributed by atoms with Gasteiger partial charge in [0, 0.05) is 36.4 Å². The Morgan fingerprint density at radius 2 is 2.12 bits per heavy atom. The Labute approximate surface area is 142 Å². The molecule has 3 aromatic heterocycles. The molecule has 0 aliphatic carbocycles. The van der Waals surface area contributed by atoms with Crippen LogP contribution in [-0.2, 0) is 4.79 Å². The third kappa shape index (κ3) is 2.22. The summed E-state index contributed by atoms with van der Waals surface area (Å²) in [5.41, 5.74) is 3.77. The summed E-state index contributed by atoms with van der Waals surface area (Å²) in [6.07, 6.45) is 7.29. The molecule has 4 heterocycles. The van der Waals surface area contributed by atoms with E-state index in [9.17, 15) is 4.79 Å². The van der Waals surface area contributed by atoms with E-state index in [4.69, 9.17) is 0 Å². The van der Waals surface area contributed by atoms with Gasteiger partial charge in [0.2, 0.25) is 5.91 Å². The zero-order valence-electron chi connectivity index (χ0n) is 13.3. The number of benzene rings is 1. The molecule has 1 aromatic carbocycles. The molecule has 5 rings (SSSR count). The number of aromatic nitrogens is 5. The van der Waals surface area contributed by atoms with E-state index in [1.165, 1.54) is 0 Å². The highest BCUT2D eigenvalue weighted by Gasteiger charge is 2.21. The molecule has 1 amide bonds. The lowest BCUT2D eigenvalue weighted by Gasteiger charge is -2.27. The maximum Gasteiger partial charge on any atom is 0.239 e. The summed E-state index contributed by atoms with van der Waals surface area (Å²) >= 11 is 0. The number of nitrogens with zero attached hydrogens (tertiary/aromatic N) is 5. The number of rotatable bonds is 2. The van der Waals surface area contributed by atoms with Crippen molar-refractivity contribution in [1.29, 1.82) is 0 Å². The van der Waals surface area contributed by atoms with Crippen molar-refractivity contribution in [3.63, 3.8) is 0 Å². The second-order valence-corrected chi connectivity index (χ2v) is 6.03. The van der Waals surface area contributed by atoms with Gasteiger partial charge in [0.15, 0.2) is 11.5 Å². The molecule has 1 aliphatic heterocycles. The fraction of sp³-hybridized carbons (Fsp3) is 0.176. The van der Waals surface area contributed by atoms with Crippen molar-refractivity contribution in [3.8, 4) is 11.3 Å². The van der Waals surface area contributed by atoms with E-state index in [-0.39, 0.29) is 5.91 Å². The first-order chi connectivity index (χ1) is 12.3. The molecule has 25 heavy (non-hydrogen) atoms. The second kappa shape index (κ2) is 5.30. The summed E-state index contributed by atoms with van der Waals surface area (Å²) in [5, 5.41) is 10.9. The first kappa shape index (κ1) is 14.0. The first-order valence-corrected chi connectivity index (χ1v) is 8.07. The number of hydrogen-bond acceptors (Lipinski definition) is 5. The summed E-state index contributed by atoms with van der Waals surface area (Å²) in [6, 6.07) is 6.13. The molecule has 1 saturated heterocycles. The zero-order chi connectivity index (χ0) is 16.8. The molecule has 2 N–H and O–H groups in total. The van der Waals surface area contributed by atoms with Crippen molar-refractivity contribution in [3.05, 3.63) is 43.0 Å². The van der Waals surface area contributed by atoms with E-state index < -0.39 is 0 Å². The van der Waals surface area contributed by atoms with Gasteiger partial charge in [-0.3, -0.25) is 14.3 Å². The quantitative estimate of drug-likeness (QED) is 0.575. The number of piperazine rings is 1. The van der Waals surface area contributed by atoms with E-state index >= 15 is 0 Å². The van der Waals surface area contributed by atoms with E-state index in [1.54, 1.807) is 12.4 Å². The van der Waals surface area contributed by atoms with Gasteiger partial charge in [-0.05, 0) is 12.1 Å². The van der Waals surface area contributed by atoms with Crippen LogP contribution in [0.4, 0.5) is 5.82 Å². The third-order valence-electron chi connectivity index (χ3n) is 4.48. The van der Waals surface area contributed by atoms with E-state index in [0.717, 1.165) is 40.2 Å². The predicted octanol–water partition coefficient (Wildman–Crippen LogP) is 1.21. The molecule has 8 heteroatoms. The standard InChI is InChI=1S/C17H15N7O/c25-15-10-23(5-3-18-15)16-17-20-9-14(24(17)6-4-19-16)11-1-2-13-12(7-11)8-21-22-13/h1-2,4,6-9H,3,5,10H2,(H,18,25)(H,21,22). The van der Waals surface area contributed by atoms with Gasteiger partial charge in [-0.15, -0.1) is 0 Å². The Balaban J connectivity index is 1.63. The SMILES string of the molecule is O=C1CN(c2nccn3c(-c4ccc5[nH]ncc5c4)cnc23)CCN1. The van der Waals surface area contributed by atoms with E-state index in [2.05, 4.69) is 31.5 Å². The lowest BCUT2D eigenvalue weighted by molar-refractivity contribution is -0.120. The predicted molar refractivity (Wildman–Crippen MR) is 93.3 cm³/mol. The zero-order valence-corrected chi connectivity index (χ0v) is 13.3. The van der Waals surface area contributed by atoms with Crippen LogP contribution in [0, 0.1) is 0 Å². The molecular formula is C17H15N7O. The molecule has 0 spiro atoms. The number of amides is 1. The second-order valence-electron chi connectivity index (χ2n) is 6.03. The van der Waals surface area contributed by atoms with Crippen LogP contribution < -0.4 is 10.2 Å². The van der Waals surface area contributed by atoms with Gasteiger partial charge in [-0.1, -0.05) is 6.07 Å². The summed E-state index contributed by atoms with van der Waals surface area (Å²) in [6.45, 7) is 1.64. The fourth-order valence-electron chi connectivity index (χ4n) is 3.26. The van der Waals surface area contributed by atoms with Crippen molar-refractivity contribution in [2.75, 3.05) is 24.5 Å². The Bertz CT molecular complexity index is 1100. The van der Waals surface area contributed by atoms with Crippen molar-refractivity contribution >= 4 is 28.3 Å². The van der Waals surface area contributed by atoms with Crippen molar-refractivity contribution in [2.45, 2.75) is 0 Å². The largest absolute Gasteiger partial charge is 0.353 e. The number of aromatic amines is 1. The first-order valence-electron chi connectivity index (χ1n) is 8.07. The molecule has 0 saturated carbocycles. The molecule has 4 aromatic rings. The van der Waals surface area contributed by atoms with Crippen LogP contribution >= 0.6 is 0 Å². The van der Waals surface area contributed by atoms with Gasteiger partial charge in [-0.2, -0.15) is 5.10 Å². The van der Waals surface area contributed by atoms with Gasteiger partial charge < -0.3 is 10.2 Å². The van der Waals surface area contributed by atoms with E-state index in [0.29, 0.717) is 13.1 Å². The van der Waals surface area contributed by atoms with Crippen LogP contribution in [0.15, 0.2) is 43.0 Å². The van der Waals surface area contributed by atoms with Crippen LogP contribution in [0.3, 0.4) is 0 Å². The van der Waals surface area contributed by atoms with Crippen molar-refractivity contribution in [2.24, 2.45) is 0 Å².